The maximum absolute atomic E-state index is 12.6. The largest absolute Gasteiger partial charge is 0.358 e. The zero-order chi connectivity index (χ0) is 23.6. The molecule has 0 bridgehead atoms. The van der Waals surface area contributed by atoms with Crippen molar-refractivity contribution in [1.29, 1.82) is 0 Å². The monoisotopic (exact) mass is 453 g/mol. The van der Waals surface area contributed by atoms with E-state index >= 15 is 0 Å². The number of H-pyrrole nitrogens is 1. The zero-order valence-electron chi connectivity index (χ0n) is 20.9. The van der Waals surface area contributed by atoms with Crippen molar-refractivity contribution in [3.63, 3.8) is 0 Å². The van der Waals surface area contributed by atoms with Crippen LogP contribution in [0.5, 0.6) is 0 Å². The molecular formula is C30H35N3O. The van der Waals surface area contributed by atoms with Gasteiger partial charge in [-0.25, -0.2) is 0 Å². The fraction of sp³-hybridized carbons (Fsp3) is 0.433. The van der Waals surface area contributed by atoms with Gasteiger partial charge in [-0.15, -0.1) is 0 Å². The summed E-state index contributed by atoms with van der Waals surface area (Å²) in [5.41, 5.74) is 12.1. The molecule has 2 aromatic carbocycles. The Balaban J connectivity index is 1.19. The SMILES string of the molecule is Cc1[nH]c2cccc(C)c2c1C1=CCN(CCc2cc3c4c(c2)C(C)(C)CC(=O)N4CC3)CC1. The number of aromatic nitrogens is 1. The second-order valence-electron chi connectivity index (χ2n) is 11.2. The summed E-state index contributed by atoms with van der Waals surface area (Å²) in [5, 5.41) is 1.39. The van der Waals surface area contributed by atoms with Crippen LogP contribution in [0.25, 0.3) is 16.5 Å². The van der Waals surface area contributed by atoms with E-state index in [0.717, 1.165) is 45.4 Å². The molecule has 4 nitrogen and oxygen atoms in total. The third-order valence-corrected chi connectivity index (χ3v) is 8.30. The smallest absolute Gasteiger partial charge is 0.227 e. The van der Waals surface area contributed by atoms with Crippen LogP contribution in [0, 0.1) is 13.8 Å². The quantitative estimate of drug-likeness (QED) is 0.551. The van der Waals surface area contributed by atoms with E-state index in [1.165, 1.54) is 55.7 Å². The summed E-state index contributed by atoms with van der Waals surface area (Å²) in [7, 11) is 0. The number of benzene rings is 2. The normalized spacial score (nSPS) is 19.6. The van der Waals surface area contributed by atoms with Crippen LogP contribution in [0.3, 0.4) is 0 Å². The molecule has 0 radical (unpaired) electrons. The molecule has 3 aliphatic heterocycles. The molecule has 1 N–H and O–H groups in total. The Morgan fingerprint density at radius 3 is 2.74 bits per heavy atom. The molecule has 0 aliphatic carbocycles. The van der Waals surface area contributed by atoms with Gasteiger partial charge in [0, 0.05) is 60.2 Å². The highest BCUT2D eigenvalue weighted by Gasteiger charge is 2.40. The summed E-state index contributed by atoms with van der Waals surface area (Å²) in [6, 6.07) is 11.3. The highest BCUT2D eigenvalue weighted by molar-refractivity contribution is 6.00. The third-order valence-electron chi connectivity index (χ3n) is 8.30. The fourth-order valence-corrected chi connectivity index (χ4v) is 6.48. The van der Waals surface area contributed by atoms with Gasteiger partial charge in [-0.1, -0.05) is 44.2 Å². The van der Waals surface area contributed by atoms with Crippen molar-refractivity contribution in [2.75, 3.05) is 31.1 Å². The van der Waals surface area contributed by atoms with Gasteiger partial charge in [0.15, 0.2) is 0 Å². The number of amides is 1. The predicted octanol–water partition coefficient (Wildman–Crippen LogP) is 5.69. The van der Waals surface area contributed by atoms with Crippen molar-refractivity contribution >= 4 is 28.1 Å². The first-order valence-electron chi connectivity index (χ1n) is 12.8. The second kappa shape index (κ2) is 7.84. The summed E-state index contributed by atoms with van der Waals surface area (Å²) in [5.74, 6) is 0.292. The molecule has 0 fully saturated rings. The molecule has 34 heavy (non-hydrogen) atoms. The second-order valence-corrected chi connectivity index (χ2v) is 11.2. The number of aryl methyl sites for hydroxylation is 2. The van der Waals surface area contributed by atoms with Gasteiger partial charge in [0.1, 0.15) is 0 Å². The molecule has 0 atom stereocenters. The van der Waals surface area contributed by atoms with E-state index < -0.39 is 0 Å². The molecule has 0 saturated carbocycles. The minimum atomic E-state index is -0.0733. The number of carbonyl (C=O) groups is 1. The van der Waals surface area contributed by atoms with E-state index in [-0.39, 0.29) is 5.41 Å². The van der Waals surface area contributed by atoms with Gasteiger partial charge in [0.05, 0.1) is 5.69 Å². The molecule has 1 aromatic heterocycles. The lowest BCUT2D eigenvalue weighted by Crippen LogP contribution is -2.40. The number of aromatic amines is 1. The number of nitrogens with zero attached hydrogens (tertiary/aromatic N) is 2. The Morgan fingerprint density at radius 2 is 1.94 bits per heavy atom. The average molecular weight is 454 g/mol. The Kier molecular flexibility index (Phi) is 5.00. The average Bonchev–Trinajstić information content (AvgIpc) is 3.38. The van der Waals surface area contributed by atoms with Gasteiger partial charge in [-0.05, 0) is 67.0 Å². The Bertz CT molecular complexity index is 1340. The molecule has 3 aliphatic rings. The lowest BCUT2D eigenvalue weighted by Gasteiger charge is -2.37. The Labute approximate surface area is 202 Å². The van der Waals surface area contributed by atoms with Crippen LogP contribution >= 0.6 is 0 Å². The van der Waals surface area contributed by atoms with Crippen LogP contribution in [0.1, 0.15) is 60.2 Å². The lowest BCUT2D eigenvalue weighted by atomic mass is 9.76. The van der Waals surface area contributed by atoms with Crippen molar-refractivity contribution in [2.24, 2.45) is 0 Å². The van der Waals surface area contributed by atoms with Gasteiger partial charge in [-0.3, -0.25) is 9.69 Å². The molecule has 6 rings (SSSR count). The first kappa shape index (κ1) is 21.7. The minimum absolute atomic E-state index is 0.0733. The van der Waals surface area contributed by atoms with Crippen LogP contribution in [0.4, 0.5) is 5.69 Å². The summed E-state index contributed by atoms with van der Waals surface area (Å²) >= 11 is 0. The molecule has 4 heteroatoms. The van der Waals surface area contributed by atoms with Gasteiger partial charge < -0.3 is 9.88 Å². The maximum Gasteiger partial charge on any atom is 0.227 e. The van der Waals surface area contributed by atoms with E-state index in [1.807, 2.05) is 4.90 Å². The van der Waals surface area contributed by atoms with Crippen molar-refractivity contribution in [1.82, 2.24) is 9.88 Å². The van der Waals surface area contributed by atoms with E-state index in [1.54, 1.807) is 0 Å². The molecule has 1 amide bonds. The zero-order valence-corrected chi connectivity index (χ0v) is 20.9. The van der Waals surface area contributed by atoms with Crippen LogP contribution in [0.2, 0.25) is 0 Å². The standard InChI is InChI=1S/C30H35N3O/c1-19-6-5-7-25-27(19)28(20(2)31-25)22-9-13-32(14-10-22)12-8-21-16-23-11-15-33-26(34)18-30(3,4)24(17-21)29(23)33/h5-7,9,16-17,31H,8,10-15,18H2,1-4H3. The van der Waals surface area contributed by atoms with Gasteiger partial charge >= 0.3 is 0 Å². The molecule has 3 aromatic rings. The van der Waals surface area contributed by atoms with Crippen molar-refractivity contribution < 1.29 is 4.79 Å². The first-order chi connectivity index (χ1) is 16.3. The molecular weight excluding hydrogens is 418 g/mol. The van der Waals surface area contributed by atoms with Crippen LogP contribution in [-0.2, 0) is 23.1 Å². The van der Waals surface area contributed by atoms with E-state index in [9.17, 15) is 4.79 Å². The first-order valence-corrected chi connectivity index (χ1v) is 12.8. The highest BCUT2D eigenvalue weighted by atomic mass is 16.2. The van der Waals surface area contributed by atoms with Crippen molar-refractivity contribution in [2.45, 2.75) is 58.8 Å². The summed E-state index contributed by atoms with van der Waals surface area (Å²) in [4.78, 5) is 20.8. The van der Waals surface area contributed by atoms with Crippen LogP contribution < -0.4 is 4.90 Å². The number of nitrogens with one attached hydrogen (secondary N) is 1. The van der Waals surface area contributed by atoms with Gasteiger partial charge in [0.2, 0.25) is 5.91 Å². The van der Waals surface area contributed by atoms with Gasteiger partial charge in [0.25, 0.3) is 0 Å². The van der Waals surface area contributed by atoms with Crippen LogP contribution in [-0.4, -0.2) is 42.0 Å². The summed E-state index contributed by atoms with van der Waals surface area (Å²) in [6.07, 6.45) is 6.23. The Morgan fingerprint density at radius 1 is 1.09 bits per heavy atom. The molecule has 176 valence electrons. The number of hydrogen-bond donors (Lipinski definition) is 1. The van der Waals surface area contributed by atoms with Crippen LogP contribution in [0.15, 0.2) is 36.4 Å². The molecule has 0 spiro atoms. The Hall–Kier alpha value is -2.85. The van der Waals surface area contributed by atoms with E-state index in [0.29, 0.717) is 12.3 Å². The predicted molar refractivity (Wildman–Crippen MR) is 141 cm³/mol. The highest BCUT2D eigenvalue weighted by Crippen LogP contribution is 2.45. The number of carbonyl (C=O) groups excluding carboxylic acids is 1. The number of hydrogen-bond acceptors (Lipinski definition) is 2. The van der Waals surface area contributed by atoms with E-state index in [2.05, 4.69) is 74.0 Å². The number of anilines is 1. The van der Waals surface area contributed by atoms with Crippen molar-refractivity contribution in [3.05, 3.63) is 69.9 Å². The molecule has 0 unspecified atom stereocenters. The fourth-order valence-electron chi connectivity index (χ4n) is 6.48. The third kappa shape index (κ3) is 3.42. The molecule has 0 saturated heterocycles. The number of fused-ring (bicyclic) bond motifs is 1. The maximum atomic E-state index is 12.6. The lowest BCUT2D eigenvalue weighted by molar-refractivity contribution is -0.120. The summed E-state index contributed by atoms with van der Waals surface area (Å²) < 4.78 is 0. The van der Waals surface area contributed by atoms with Crippen molar-refractivity contribution in [3.8, 4) is 0 Å². The van der Waals surface area contributed by atoms with Gasteiger partial charge in [-0.2, -0.15) is 0 Å². The topological polar surface area (TPSA) is 39.3 Å². The molecule has 4 heterocycles. The van der Waals surface area contributed by atoms with E-state index in [4.69, 9.17) is 0 Å². The minimum Gasteiger partial charge on any atom is -0.358 e. The summed E-state index contributed by atoms with van der Waals surface area (Å²) in [6.45, 7) is 12.9. The number of rotatable bonds is 4.